The number of aromatic nitrogens is 1. The van der Waals surface area contributed by atoms with Gasteiger partial charge in [-0.25, -0.2) is 0 Å². The number of nitrogens with zero attached hydrogens (tertiary/aromatic N) is 3. The van der Waals surface area contributed by atoms with Crippen molar-refractivity contribution in [2.24, 2.45) is 5.73 Å². The highest BCUT2D eigenvalue weighted by molar-refractivity contribution is 7.80. The maximum atomic E-state index is 13.4. The van der Waals surface area contributed by atoms with Gasteiger partial charge in [0, 0.05) is 36.9 Å². The number of carbonyl (C=O) groups excluding carboxylic acids is 1. The van der Waals surface area contributed by atoms with Crippen LogP contribution in [0.5, 0.6) is 11.5 Å². The zero-order valence-electron chi connectivity index (χ0n) is 16.5. The van der Waals surface area contributed by atoms with E-state index in [1.165, 1.54) is 40.4 Å². The van der Waals surface area contributed by atoms with Crippen molar-refractivity contribution >= 4 is 52.4 Å². The number of anilines is 3. The molecule has 166 valence electrons. The second-order valence-corrected chi connectivity index (χ2v) is 7.31. The molecule has 0 aliphatic rings. The first-order chi connectivity index (χ1) is 15.1. The summed E-state index contributed by atoms with van der Waals surface area (Å²) in [6.45, 7) is 0. The van der Waals surface area contributed by atoms with Crippen molar-refractivity contribution in [3.8, 4) is 11.5 Å². The number of amides is 1. The smallest absolute Gasteiger partial charge is 0.417 e. The van der Waals surface area contributed by atoms with Crippen molar-refractivity contribution < 1.29 is 22.7 Å². The van der Waals surface area contributed by atoms with Crippen LogP contribution in [0, 0.1) is 0 Å². The molecule has 11 heteroatoms. The Morgan fingerprint density at radius 1 is 1.12 bits per heavy atom. The van der Waals surface area contributed by atoms with Gasteiger partial charge in [0.05, 0.1) is 16.3 Å². The molecule has 2 N–H and O–H groups in total. The molecule has 0 atom stereocenters. The van der Waals surface area contributed by atoms with Crippen LogP contribution >= 0.6 is 23.8 Å². The topological polar surface area (TPSA) is 71.7 Å². The predicted molar refractivity (Wildman–Crippen MR) is 121 cm³/mol. The number of pyridine rings is 1. The largest absolute Gasteiger partial charge is 0.455 e. The average molecular weight is 481 g/mol. The lowest BCUT2D eigenvalue weighted by molar-refractivity contribution is -0.137. The highest BCUT2D eigenvalue weighted by atomic mass is 35.5. The second kappa shape index (κ2) is 9.41. The highest BCUT2D eigenvalue weighted by Gasteiger charge is 2.34. The predicted octanol–water partition coefficient (Wildman–Crippen LogP) is 5.52. The van der Waals surface area contributed by atoms with E-state index in [-0.39, 0.29) is 22.2 Å². The molecule has 1 amide bonds. The third-order valence-corrected chi connectivity index (χ3v) is 4.87. The molecule has 2 aromatic carbocycles. The summed E-state index contributed by atoms with van der Waals surface area (Å²) in [7, 11) is 1.54. The molecule has 0 spiro atoms. The van der Waals surface area contributed by atoms with Crippen LogP contribution in [0.4, 0.5) is 30.2 Å². The minimum absolute atomic E-state index is 0.0327. The van der Waals surface area contributed by atoms with E-state index < -0.39 is 16.8 Å². The summed E-state index contributed by atoms with van der Waals surface area (Å²) in [5, 5.41) is -0.683. The van der Waals surface area contributed by atoms with Gasteiger partial charge in [0.1, 0.15) is 5.75 Å². The molecule has 1 heterocycles. The van der Waals surface area contributed by atoms with E-state index in [4.69, 9.17) is 34.3 Å². The first-order valence-electron chi connectivity index (χ1n) is 8.98. The first kappa shape index (κ1) is 23.3. The van der Waals surface area contributed by atoms with Gasteiger partial charge in [-0.05, 0) is 54.7 Å². The number of hydrogen-bond donors (Lipinski definition) is 1. The number of halogens is 4. The van der Waals surface area contributed by atoms with E-state index in [1.54, 1.807) is 25.2 Å². The molecular formula is C21H16ClF3N4O2S. The SMILES string of the molecule is CN(C=O)c1ccc(N(C(N)=S)c2ccc(Cl)c(C(F)(F)F)c2)c(Oc2ccncc2)c1. The van der Waals surface area contributed by atoms with E-state index in [0.29, 0.717) is 17.8 Å². The van der Waals surface area contributed by atoms with E-state index in [1.807, 2.05) is 0 Å². The normalized spacial score (nSPS) is 11.0. The monoisotopic (exact) mass is 480 g/mol. The van der Waals surface area contributed by atoms with Crippen molar-refractivity contribution in [3.63, 3.8) is 0 Å². The van der Waals surface area contributed by atoms with Crippen LogP contribution in [0.1, 0.15) is 5.56 Å². The number of rotatable bonds is 6. The van der Waals surface area contributed by atoms with Gasteiger partial charge >= 0.3 is 6.18 Å². The van der Waals surface area contributed by atoms with Crippen LogP contribution in [0.15, 0.2) is 60.9 Å². The molecule has 32 heavy (non-hydrogen) atoms. The Morgan fingerprint density at radius 2 is 1.78 bits per heavy atom. The standard InChI is InChI=1S/C21H16ClF3N4O2S/c1-28(12-30)13-3-5-18(19(11-13)31-15-6-8-27-9-7-15)29(20(26)32)14-2-4-17(22)16(10-14)21(23,24)25/h2-12H,1H3,(H2,26,32). The third-order valence-electron chi connectivity index (χ3n) is 4.36. The quantitative estimate of drug-likeness (QED) is 0.370. The van der Waals surface area contributed by atoms with Gasteiger partial charge in [0.15, 0.2) is 10.9 Å². The maximum absolute atomic E-state index is 13.4. The third kappa shape index (κ3) is 5.09. The van der Waals surface area contributed by atoms with Gasteiger partial charge in [-0.1, -0.05) is 11.6 Å². The fraction of sp³-hybridized carbons (Fsp3) is 0.0952. The average Bonchev–Trinajstić information content (AvgIpc) is 2.75. The van der Waals surface area contributed by atoms with Gasteiger partial charge in [-0.15, -0.1) is 0 Å². The molecule has 1 aromatic heterocycles. The van der Waals surface area contributed by atoms with Crippen LogP contribution in [0.25, 0.3) is 0 Å². The number of nitrogens with two attached hydrogens (primary N) is 1. The Balaban J connectivity index is 2.18. The molecule has 0 radical (unpaired) electrons. The summed E-state index contributed by atoms with van der Waals surface area (Å²) in [6.07, 6.45) is -1.06. The molecule has 6 nitrogen and oxygen atoms in total. The fourth-order valence-electron chi connectivity index (χ4n) is 2.84. The number of hydrogen-bond acceptors (Lipinski definition) is 4. The van der Waals surface area contributed by atoms with Crippen molar-refractivity contribution in [3.05, 3.63) is 71.5 Å². The number of alkyl halides is 3. The van der Waals surface area contributed by atoms with Crippen LogP contribution in [0.2, 0.25) is 5.02 Å². The van der Waals surface area contributed by atoms with Crippen molar-refractivity contribution in [1.29, 1.82) is 0 Å². The summed E-state index contributed by atoms with van der Waals surface area (Å²) in [4.78, 5) is 17.6. The molecule has 0 saturated carbocycles. The van der Waals surface area contributed by atoms with Crippen LogP contribution in [-0.4, -0.2) is 23.6 Å². The molecule has 3 rings (SSSR count). The van der Waals surface area contributed by atoms with Gasteiger partial charge < -0.3 is 15.4 Å². The molecule has 0 saturated heterocycles. The molecule has 0 aliphatic heterocycles. The maximum Gasteiger partial charge on any atom is 0.417 e. The van der Waals surface area contributed by atoms with Gasteiger partial charge in [-0.2, -0.15) is 13.2 Å². The summed E-state index contributed by atoms with van der Waals surface area (Å²) in [6, 6.07) is 11.2. The first-order valence-corrected chi connectivity index (χ1v) is 9.77. The second-order valence-electron chi connectivity index (χ2n) is 6.49. The van der Waals surface area contributed by atoms with Crippen molar-refractivity contribution in [1.82, 2.24) is 4.98 Å². The Hall–Kier alpha value is -3.37. The van der Waals surface area contributed by atoms with Crippen LogP contribution in [-0.2, 0) is 11.0 Å². The number of ether oxygens (including phenoxy) is 1. The molecule has 0 unspecified atom stereocenters. The Labute approximate surface area is 192 Å². The van der Waals surface area contributed by atoms with Crippen LogP contribution < -0.4 is 20.3 Å². The summed E-state index contributed by atoms with van der Waals surface area (Å²) < 4.78 is 46.2. The van der Waals surface area contributed by atoms with E-state index >= 15 is 0 Å². The zero-order chi connectivity index (χ0) is 23.5. The van der Waals surface area contributed by atoms with Crippen molar-refractivity contribution in [2.45, 2.75) is 6.18 Å². The number of benzene rings is 2. The minimum Gasteiger partial charge on any atom is -0.455 e. The summed E-state index contributed by atoms with van der Waals surface area (Å²) >= 11 is 10.9. The van der Waals surface area contributed by atoms with E-state index in [9.17, 15) is 18.0 Å². The minimum atomic E-state index is -4.68. The van der Waals surface area contributed by atoms with Gasteiger partial charge in [-0.3, -0.25) is 14.7 Å². The number of carbonyl (C=O) groups is 1. The lowest BCUT2D eigenvalue weighted by atomic mass is 10.1. The zero-order valence-corrected chi connectivity index (χ0v) is 18.1. The fourth-order valence-corrected chi connectivity index (χ4v) is 3.27. The molecule has 0 bridgehead atoms. The molecule has 0 aliphatic carbocycles. The lowest BCUT2D eigenvalue weighted by Crippen LogP contribution is -2.31. The van der Waals surface area contributed by atoms with Crippen LogP contribution in [0.3, 0.4) is 0 Å². The van der Waals surface area contributed by atoms with E-state index in [0.717, 1.165) is 12.1 Å². The molecule has 3 aromatic rings. The number of thiocarbonyl (C=S) groups is 1. The summed E-state index contributed by atoms with van der Waals surface area (Å²) in [5.41, 5.74) is 5.62. The Bertz CT molecular complexity index is 1150. The highest BCUT2D eigenvalue weighted by Crippen LogP contribution is 2.42. The Morgan fingerprint density at radius 3 is 2.38 bits per heavy atom. The van der Waals surface area contributed by atoms with Crippen molar-refractivity contribution in [2.75, 3.05) is 16.8 Å². The summed E-state index contributed by atoms with van der Waals surface area (Å²) in [5.74, 6) is 0.598. The Kier molecular flexibility index (Phi) is 6.85. The van der Waals surface area contributed by atoms with Gasteiger partial charge in [0.2, 0.25) is 6.41 Å². The lowest BCUT2D eigenvalue weighted by Gasteiger charge is -2.27. The molecular weight excluding hydrogens is 465 g/mol. The molecule has 0 fully saturated rings. The van der Waals surface area contributed by atoms with E-state index in [2.05, 4.69) is 4.98 Å². The van der Waals surface area contributed by atoms with Gasteiger partial charge in [0.25, 0.3) is 0 Å².